The third-order valence-electron chi connectivity index (χ3n) is 3.81. The summed E-state index contributed by atoms with van der Waals surface area (Å²) in [4.78, 5) is 1.85. The standard InChI is InChI=1S/C13H24N4O3S/c1-10-11(9-14-17(10)4)13-12(5-7-20-13)15-21(18,19)8-6-16(2)3/h9,12-13,15H,5-8H2,1-4H3/t12-,13+/m0/s1. The van der Waals surface area contributed by atoms with Crippen molar-refractivity contribution in [1.29, 1.82) is 0 Å². The van der Waals surface area contributed by atoms with Gasteiger partial charge in [0.1, 0.15) is 6.10 Å². The van der Waals surface area contributed by atoms with Gasteiger partial charge < -0.3 is 9.64 Å². The molecule has 0 bridgehead atoms. The first-order chi connectivity index (χ1) is 9.80. The summed E-state index contributed by atoms with van der Waals surface area (Å²) in [5, 5.41) is 4.20. The molecule has 2 heterocycles. The molecule has 0 aliphatic carbocycles. The fourth-order valence-electron chi connectivity index (χ4n) is 2.40. The second-order valence-corrected chi connectivity index (χ2v) is 7.61. The summed E-state index contributed by atoms with van der Waals surface area (Å²) < 4.78 is 34.6. The molecular weight excluding hydrogens is 292 g/mol. The van der Waals surface area contributed by atoms with Crippen LogP contribution in [0.3, 0.4) is 0 Å². The van der Waals surface area contributed by atoms with Gasteiger partial charge in [-0.05, 0) is 27.4 Å². The highest BCUT2D eigenvalue weighted by molar-refractivity contribution is 7.89. The van der Waals surface area contributed by atoms with E-state index >= 15 is 0 Å². The van der Waals surface area contributed by atoms with Crippen molar-refractivity contribution in [3.63, 3.8) is 0 Å². The van der Waals surface area contributed by atoms with Gasteiger partial charge in [0.05, 0.1) is 18.0 Å². The van der Waals surface area contributed by atoms with Crippen molar-refractivity contribution in [2.45, 2.75) is 25.5 Å². The summed E-state index contributed by atoms with van der Waals surface area (Å²) in [6.07, 6.45) is 2.18. The average molecular weight is 316 g/mol. The molecule has 2 atom stereocenters. The molecule has 0 spiro atoms. The monoisotopic (exact) mass is 316 g/mol. The maximum Gasteiger partial charge on any atom is 0.213 e. The highest BCUT2D eigenvalue weighted by Gasteiger charge is 2.34. The van der Waals surface area contributed by atoms with Gasteiger partial charge in [-0.25, -0.2) is 13.1 Å². The van der Waals surface area contributed by atoms with E-state index in [0.29, 0.717) is 19.6 Å². The van der Waals surface area contributed by atoms with Crippen molar-refractivity contribution < 1.29 is 13.2 Å². The molecule has 0 saturated carbocycles. The van der Waals surface area contributed by atoms with E-state index in [1.807, 2.05) is 33.0 Å². The van der Waals surface area contributed by atoms with Gasteiger partial charge in [-0.15, -0.1) is 0 Å². The molecule has 120 valence electrons. The zero-order valence-electron chi connectivity index (χ0n) is 13.0. The molecule has 1 aliphatic heterocycles. The Balaban J connectivity index is 2.07. The van der Waals surface area contributed by atoms with Gasteiger partial charge >= 0.3 is 0 Å². The van der Waals surface area contributed by atoms with Crippen LogP contribution in [0.1, 0.15) is 23.8 Å². The molecule has 1 fully saturated rings. The zero-order chi connectivity index (χ0) is 15.6. The van der Waals surface area contributed by atoms with Crippen LogP contribution in [0.25, 0.3) is 0 Å². The van der Waals surface area contributed by atoms with E-state index in [9.17, 15) is 8.42 Å². The molecule has 7 nitrogen and oxygen atoms in total. The molecule has 1 aromatic rings. The first-order valence-corrected chi connectivity index (χ1v) is 8.70. The first-order valence-electron chi connectivity index (χ1n) is 7.05. The maximum absolute atomic E-state index is 12.1. The molecule has 1 saturated heterocycles. The highest BCUT2D eigenvalue weighted by Crippen LogP contribution is 2.31. The van der Waals surface area contributed by atoms with Crippen LogP contribution in [0.5, 0.6) is 0 Å². The highest BCUT2D eigenvalue weighted by atomic mass is 32.2. The predicted octanol–water partition coefficient (Wildman–Crippen LogP) is 0.0395. The van der Waals surface area contributed by atoms with Crippen molar-refractivity contribution in [2.75, 3.05) is 33.0 Å². The van der Waals surface area contributed by atoms with Crippen LogP contribution >= 0.6 is 0 Å². The minimum absolute atomic E-state index is 0.0925. The van der Waals surface area contributed by atoms with Crippen molar-refractivity contribution in [3.8, 4) is 0 Å². The van der Waals surface area contributed by atoms with E-state index in [2.05, 4.69) is 9.82 Å². The Bertz CT molecular complexity index is 582. The topological polar surface area (TPSA) is 76.5 Å². The number of aryl methyl sites for hydroxylation is 1. The van der Waals surface area contributed by atoms with Gasteiger partial charge in [-0.3, -0.25) is 4.68 Å². The fraction of sp³-hybridized carbons (Fsp3) is 0.769. The van der Waals surface area contributed by atoms with Crippen molar-refractivity contribution in [2.24, 2.45) is 7.05 Å². The van der Waals surface area contributed by atoms with Gasteiger partial charge in [0.2, 0.25) is 10.0 Å². The normalized spacial score (nSPS) is 23.1. The van der Waals surface area contributed by atoms with Crippen LogP contribution < -0.4 is 4.72 Å². The third kappa shape index (κ3) is 4.03. The predicted molar refractivity (Wildman–Crippen MR) is 80.5 cm³/mol. The fourth-order valence-corrected chi connectivity index (χ4v) is 3.83. The smallest absolute Gasteiger partial charge is 0.213 e. The van der Waals surface area contributed by atoms with Crippen LogP contribution in [0.15, 0.2) is 6.20 Å². The Labute approximate surface area is 126 Å². The molecule has 1 N–H and O–H groups in total. The van der Waals surface area contributed by atoms with Crippen LogP contribution in [0, 0.1) is 6.92 Å². The lowest BCUT2D eigenvalue weighted by Gasteiger charge is -2.20. The number of nitrogens with one attached hydrogen (secondary N) is 1. The molecule has 2 rings (SSSR count). The molecule has 0 radical (unpaired) electrons. The molecule has 0 aromatic carbocycles. The van der Waals surface area contributed by atoms with E-state index in [-0.39, 0.29) is 17.9 Å². The maximum atomic E-state index is 12.1. The SMILES string of the molecule is Cc1c([C@H]2OCC[C@@H]2NS(=O)(=O)CCN(C)C)cnn1C. The van der Waals surface area contributed by atoms with Crippen LogP contribution in [-0.2, 0) is 21.8 Å². The Morgan fingerprint density at radius 2 is 2.24 bits per heavy atom. The lowest BCUT2D eigenvalue weighted by molar-refractivity contribution is 0.102. The summed E-state index contributed by atoms with van der Waals surface area (Å²) in [5.41, 5.74) is 1.95. The van der Waals surface area contributed by atoms with Gasteiger partial charge in [-0.1, -0.05) is 0 Å². The van der Waals surface area contributed by atoms with Gasteiger partial charge in [0.15, 0.2) is 0 Å². The van der Waals surface area contributed by atoms with E-state index in [1.165, 1.54) is 0 Å². The second kappa shape index (κ2) is 6.43. The zero-order valence-corrected chi connectivity index (χ0v) is 13.9. The lowest BCUT2D eigenvalue weighted by atomic mass is 10.0. The summed E-state index contributed by atoms with van der Waals surface area (Å²) in [5.74, 6) is 0.0925. The van der Waals surface area contributed by atoms with E-state index in [0.717, 1.165) is 11.3 Å². The summed E-state index contributed by atoms with van der Waals surface area (Å²) in [6, 6.07) is -0.222. The van der Waals surface area contributed by atoms with Gasteiger partial charge in [0.25, 0.3) is 0 Å². The molecule has 8 heteroatoms. The number of ether oxygens (including phenoxy) is 1. The average Bonchev–Trinajstić information content (AvgIpc) is 2.95. The van der Waals surface area contributed by atoms with Crippen molar-refractivity contribution in [1.82, 2.24) is 19.4 Å². The number of nitrogens with zero attached hydrogens (tertiary/aromatic N) is 3. The van der Waals surface area contributed by atoms with Crippen molar-refractivity contribution >= 4 is 10.0 Å². The van der Waals surface area contributed by atoms with Gasteiger partial charge in [-0.2, -0.15) is 5.10 Å². The summed E-state index contributed by atoms with van der Waals surface area (Å²) in [6.45, 7) is 3.01. The Morgan fingerprint density at radius 1 is 1.52 bits per heavy atom. The molecule has 21 heavy (non-hydrogen) atoms. The van der Waals surface area contributed by atoms with E-state index in [1.54, 1.807) is 10.9 Å². The second-order valence-electron chi connectivity index (χ2n) is 5.74. The third-order valence-corrected chi connectivity index (χ3v) is 5.19. The van der Waals surface area contributed by atoms with E-state index in [4.69, 9.17) is 4.74 Å². The molecule has 0 amide bonds. The number of hydrogen-bond acceptors (Lipinski definition) is 5. The van der Waals surface area contributed by atoms with Gasteiger partial charge in [0, 0.05) is 31.5 Å². The minimum atomic E-state index is -3.31. The quantitative estimate of drug-likeness (QED) is 0.802. The van der Waals surface area contributed by atoms with Crippen molar-refractivity contribution in [3.05, 3.63) is 17.5 Å². The lowest BCUT2D eigenvalue weighted by Crippen LogP contribution is -2.40. The van der Waals surface area contributed by atoms with Crippen LogP contribution in [0.4, 0.5) is 0 Å². The number of rotatable bonds is 6. The summed E-state index contributed by atoms with van der Waals surface area (Å²) in [7, 11) is 2.27. The Hall–Kier alpha value is -0.960. The molecule has 1 aliphatic rings. The Kier molecular flexibility index (Phi) is 5.03. The van der Waals surface area contributed by atoms with Crippen LogP contribution in [-0.4, -0.2) is 62.1 Å². The number of hydrogen-bond donors (Lipinski definition) is 1. The summed E-state index contributed by atoms with van der Waals surface area (Å²) >= 11 is 0. The Morgan fingerprint density at radius 3 is 2.81 bits per heavy atom. The molecular formula is C13H24N4O3S. The number of sulfonamides is 1. The van der Waals surface area contributed by atoms with Crippen LogP contribution in [0.2, 0.25) is 0 Å². The molecule has 0 unspecified atom stereocenters. The largest absolute Gasteiger partial charge is 0.372 e. The first kappa shape index (κ1) is 16.4. The van der Waals surface area contributed by atoms with E-state index < -0.39 is 10.0 Å². The number of aromatic nitrogens is 2. The molecule has 1 aromatic heterocycles. The minimum Gasteiger partial charge on any atom is -0.372 e.